The van der Waals surface area contributed by atoms with E-state index in [2.05, 4.69) is 35.1 Å². The molecule has 0 fully saturated rings. The number of aryl methyl sites for hydroxylation is 2. The predicted octanol–water partition coefficient (Wildman–Crippen LogP) is 5.86. The summed E-state index contributed by atoms with van der Waals surface area (Å²) in [5.41, 5.74) is 4.09. The molecule has 190 valence electrons. The molecule has 3 aromatic rings. The van der Waals surface area contributed by atoms with Gasteiger partial charge in [-0.2, -0.15) is 0 Å². The predicted molar refractivity (Wildman–Crippen MR) is 148 cm³/mol. The maximum atomic E-state index is 13.7. The topological polar surface area (TPSA) is 58.6 Å². The van der Waals surface area contributed by atoms with Crippen molar-refractivity contribution in [2.45, 2.75) is 46.7 Å². The second-order valence-corrected chi connectivity index (χ2v) is 10.3. The molecule has 5 nitrogen and oxygen atoms in total. The zero-order chi connectivity index (χ0) is 26.1. The van der Waals surface area contributed by atoms with Gasteiger partial charge in [0.05, 0.1) is 0 Å². The fourth-order valence-electron chi connectivity index (χ4n) is 3.88. The summed E-state index contributed by atoms with van der Waals surface area (Å²) in [4.78, 5) is 28.8. The van der Waals surface area contributed by atoms with Gasteiger partial charge in [-0.25, -0.2) is 0 Å². The highest BCUT2D eigenvalue weighted by Gasteiger charge is 2.31. The summed E-state index contributed by atoms with van der Waals surface area (Å²) in [7, 11) is 0. The number of nitrogens with one attached hydrogen (secondary N) is 1. The zero-order valence-corrected chi connectivity index (χ0v) is 23.0. The number of hydrogen-bond donors (Lipinski definition) is 1. The molecule has 0 aliphatic rings. The summed E-state index contributed by atoms with van der Waals surface area (Å²) in [6.45, 7) is 8.80. The minimum atomic E-state index is -0.673. The first-order valence-electron chi connectivity index (χ1n) is 12.3. The summed E-state index contributed by atoms with van der Waals surface area (Å²) in [5, 5.41) is 3.05. The number of carbonyl (C=O) groups excluding carboxylic acids is 2. The average Bonchev–Trinajstić information content (AvgIpc) is 2.86. The monoisotopic (exact) mass is 550 g/mol. The van der Waals surface area contributed by atoms with Crippen molar-refractivity contribution in [2.24, 2.45) is 5.92 Å². The molecule has 0 aliphatic heterocycles. The van der Waals surface area contributed by atoms with Gasteiger partial charge in [-0.1, -0.05) is 84.4 Å². The number of halogens is 1. The SMILES string of the molecule is Cc1cc(OCC(=O)N(Cc2ccccc2C)[C@H](Cc2ccccc2)C(=O)NCC(C)C)ccc1Br. The van der Waals surface area contributed by atoms with Crippen molar-refractivity contribution in [2.75, 3.05) is 13.2 Å². The summed E-state index contributed by atoms with van der Waals surface area (Å²) in [6.07, 6.45) is 0.416. The Balaban J connectivity index is 1.91. The van der Waals surface area contributed by atoms with Crippen LogP contribution in [0.15, 0.2) is 77.3 Å². The zero-order valence-electron chi connectivity index (χ0n) is 21.5. The van der Waals surface area contributed by atoms with Gasteiger partial charge in [-0.3, -0.25) is 9.59 Å². The highest BCUT2D eigenvalue weighted by Crippen LogP contribution is 2.22. The first-order chi connectivity index (χ1) is 17.2. The molecule has 36 heavy (non-hydrogen) atoms. The molecule has 6 heteroatoms. The summed E-state index contributed by atoms with van der Waals surface area (Å²) in [6, 6.07) is 22.7. The number of ether oxygens (including phenoxy) is 1. The van der Waals surface area contributed by atoms with Crippen LogP contribution in [0.4, 0.5) is 0 Å². The molecule has 0 radical (unpaired) electrons. The molecule has 0 aliphatic carbocycles. The number of carbonyl (C=O) groups is 2. The van der Waals surface area contributed by atoms with Crippen molar-refractivity contribution in [1.82, 2.24) is 10.2 Å². The van der Waals surface area contributed by atoms with Crippen LogP contribution in [-0.2, 0) is 22.6 Å². The Morgan fingerprint density at radius 1 is 0.944 bits per heavy atom. The fourth-order valence-corrected chi connectivity index (χ4v) is 4.13. The molecular formula is C30H35BrN2O3. The van der Waals surface area contributed by atoms with E-state index in [0.717, 1.165) is 26.7 Å². The van der Waals surface area contributed by atoms with Gasteiger partial charge in [0.1, 0.15) is 11.8 Å². The Bertz CT molecular complexity index is 1160. The van der Waals surface area contributed by atoms with E-state index in [1.165, 1.54) is 0 Å². The second kappa shape index (κ2) is 13.3. The third kappa shape index (κ3) is 7.95. The Morgan fingerprint density at radius 3 is 2.31 bits per heavy atom. The first kappa shape index (κ1) is 27.5. The summed E-state index contributed by atoms with van der Waals surface area (Å²) >= 11 is 3.49. The third-order valence-electron chi connectivity index (χ3n) is 6.05. The molecule has 2 amide bonds. The van der Waals surface area contributed by atoms with E-state index in [9.17, 15) is 9.59 Å². The lowest BCUT2D eigenvalue weighted by molar-refractivity contribution is -0.142. The number of rotatable bonds is 11. The van der Waals surface area contributed by atoms with Crippen molar-refractivity contribution in [3.63, 3.8) is 0 Å². The number of nitrogens with zero attached hydrogens (tertiary/aromatic N) is 1. The van der Waals surface area contributed by atoms with Crippen molar-refractivity contribution in [3.05, 3.63) is 99.5 Å². The van der Waals surface area contributed by atoms with Crippen LogP contribution >= 0.6 is 15.9 Å². The summed E-state index contributed by atoms with van der Waals surface area (Å²) in [5.74, 6) is 0.521. The van der Waals surface area contributed by atoms with Gasteiger partial charge >= 0.3 is 0 Å². The molecule has 0 aromatic heterocycles. The average molecular weight is 552 g/mol. The molecule has 3 aromatic carbocycles. The van der Waals surface area contributed by atoms with Crippen LogP contribution in [0.1, 0.15) is 36.1 Å². The Labute approximate surface area is 223 Å². The van der Waals surface area contributed by atoms with Crippen molar-refractivity contribution >= 4 is 27.7 Å². The number of benzene rings is 3. The van der Waals surface area contributed by atoms with Crippen LogP contribution < -0.4 is 10.1 Å². The van der Waals surface area contributed by atoms with Gasteiger partial charge in [0.15, 0.2) is 6.61 Å². The number of hydrogen-bond acceptors (Lipinski definition) is 3. The first-order valence-corrected chi connectivity index (χ1v) is 13.1. The molecular weight excluding hydrogens is 516 g/mol. The maximum Gasteiger partial charge on any atom is 0.261 e. The Hall–Kier alpha value is -3.12. The third-order valence-corrected chi connectivity index (χ3v) is 6.94. The minimum Gasteiger partial charge on any atom is -0.484 e. The van der Waals surface area contributed by atoms with Gasteiger partial charge in [0.2, 0.25) is 5.91 Å². The molecule has 0 spiro atoms. The summed E-state index contributed by atoms with van der Waals surface area (Å²) < 4.78 is 6.87. The van der Waals surface area contributed by atoms with E-state index in [4.69, 9.17) is 4.74 Å². The quantitative estimate of drug-likeness (QED) is 0.325. The van der Waals surface area contributed by atoms with Crippen LogP contribution in [0.2, 0.25) is 0 Å². The van der Waals surface area contributed by atoms with Crippen molar-refractivity contribution in [1.29, 1.82) is 0 Å². The van der Waals surface area contributed by atoms with Gasteiger partial charge in [-0.05, 0) is 60.2 Å². The minimum absolute atomic E-state index is 0.157. The normalized spacial score (nSPS) is 11.7. The molecule has 0 saturated carbocycles. The Morgan fingerprint density at radius 2 is 1.64 bits per heavy atom. The highest BCUT2D eigenvalue weighted by molar-refractivity contribution is 9.10. The van der Waals surface area contributed by atoms with Gasteiger partial charge < -0.3 is 15.0 Å². The lowest BCUT2D eigenvalue weighted by Gasteiger charge is -2.32. The van der Waals surface area contributed by atoms with Crippen LogP contribution in [0, 0.1) is 19.8 Å². The van der Waals surface area contributed by atoms with Gasteiger partial charge in [0.25, 0.3) is 5.91 Å². The van der Waals surface area contributed by atoms with E-state index in [1.807, 2.05) is 86.6 Å². The molecule has 0 heterocycles. The van der Waals surface area contributed by atoms with E-state index in [-0.39, 0.29) is 18.4 Å². The highest BCUT2D eigenvalue weighted by atomic mass is 79.9. The van der Waals surface area contributed by atoms with Crippen molar-refractivity contribution < 1.29 is 14.3 Å². The van der Waals surface area contributed by atoms with Crippen LogP contribution in [0.3, 0.4) is 0 Å². The van der Waals surface area contributed by atoms with E-state index < -0.39 is 6.04 Å². The smallest absolute Gasteiger partial charge is 0.261 e. The molecule has 1 atom stereocenters. The van der Waals surface area contributed by atoms with Crippen molar-refractivity contribution in [3.8, 4) is 5.75 Å². The largest absolute Gasteiger partial charge is 0.484 e. The van der Waals surface area contributed by atoms with Crippen LogP contribution in [0.25, 0.3) is 0 Å². The fraction of sp³-hybridized carbons (Fsp3) is 0.333. The molecule has 1 N–H and O–H groups in total. The molecule has 0 bridgehead atoms. The standard InChI is InChI=1S/C30H35BrN2O3/c1-21(2)18-32-30(35)28(17-24-11-6-5-7-12-24)33(19-25-13-9-8-10-22(25)3)29(34)20-36-26-14-15-27(31)23(4)16-26/h5-16,21,28H,17-20H2,1-4H3,(H,32,35)/t28-/m1/s1. The van der Waals surface area contributed by atoms with E-state index in [1.54, 1.807) is 4.90 Å². The van der Waals surface area contributed by atoms with Gasteiger partial charge in [-0.15, -0.1) is 0 Å². The molecule has 3 rings (SSSR count). The lowest BCUT2D eigenvalue weighted by atomic mass is 10.0. The van der Waals surface area contributed by atoms with E-state index >= 15 is 0 Å². The van der Waals surface area contributed by atoms with Crippen LogP contribution in [-0.4, -0.2) is 35.9 Å². The Kier molecular flexibility index (Phi) is 10.1. The van der Waals surface area contributed by atoms with Gasteiger partial charge in [0, 0.05) is 24.0 Å². The maximum absolute atomic E-state index is 13.7. The molecule has 0 unspecified atom stereocenters. The van der Waals surface area contributed by atoms with E-state index in [0.29, 0.717) is 31.2 Å². The lowest BCUT2D eigenvalue weighted by Crippen LogP contribution is -2.52. The van der Waals surface area contributed by atoms with Crippen LogP contribution in [0.5, 0.6) is 5.75 Å². The molecule has 0 saturated heterocycles. The second-order valence-electron chi connectivity index (χ2n) is 9.49. The number of amides is 2.